The molecule has 2 atom stereocenters. The van der Waals surface area contributed by atoms with E-state index in [0.717, 1.165) is 11.3 Å². The minimum Gasteiger partial charge on any atom is -0.496 e. The van der Waals surface area contributed by atoms with Gasteiger partial charge in [0.2, 0.25) is 0 Å². The van der Waals surface area contributed by atoms with Crippen LogP contribution in [-0.2, 0) is 0 Å². The molecule has 0 radical (unpaired) electrons. The molecule has 2 nitrogen and oxygen atoms in total. The van der Waals surface area contributed by atoms with E-state index in [0.29, 0.717) is 12.0 Å². The molecule has 3 heteroatoms. The number of halogens is 1. The second-order valence-corrected chi connectivity index (χ2v) is 4.95. The first-order valence-electron chi connectivity index (χ1n) is 5.53. The number of likely N-dealkylation sites (N-methyl/N-ethyl adjacent to an activating group) is 1. The number of methoxy groups -OCH3 is 1. The van der Waals surface area contributed by atoms with Gasteiger partial charge in [-0.3, -0.25) is 0 Å². The fraction of sp³-hybridized carbons (Fsp3) is 0.538. The van der Waals surface area contributed by atoms with Crippen molar-refractivity contribution in [2.75, 3.05) is 14.2 Å². The van der Waals surface area contributed by atoms with Crippen molar-refractivity contribution in [3.05, 3.63) is 29.6 Å². The van der Waals surface area contributed by atoms with Crippen molar-refractivity contribution in [1.29, 1.82) is 0 Å². The summed E-state index contributed by atoms with van der Waals surface area (Å²) in [5.74, 6) is 0.897. The largest absolute Gasteiger partial charge is 0.496 e. The zero-order chi connectivity index (χ0) is 11.9. The van der Waals surface area contributed by atoms with E-state index in [1.807, 2.05) is 7.05 Å². The van der Waals surface area contributed by atoms with E-state index < -0.39 is 0 Å². The van der Waals surface area contributed by atoms with Gasteiger partial charge in [-0.2, -0.15) is 0 Å². The van der Waals surface area contributed by atoms with E-state index >= 15 is 0 Å². The fourth-order valence-corrected chi connectivity index (χ4v) is 2.71. The topological polar surface area (TPSA) is 21.3 Å². The van der Waals surface area contributed by atoms with Crippen LogP contribution in [0.5, 0.6) is 5.75 Å². The fourth-order valence-electron chi connectivity index (χ4n) is 2.71. The van der Waals surface area contributed by atoms with Crippen molar-refractivity contribution in [3.8, 4) is 5.75 Å². The van der Waals surface area contributed by atoms with Crippen molar-refractivity contribution < 1.29 is 9.13 Å². The van der Waals surface area contributed by atoms with Gasteiger partial charge in [0.15, 0.2) is 0 Å². The Balaban J connectivity index is 2.38. The molecule has 2 unspecified atom stereocenters. The SMILES string of the molecule is CNC1C(c2cc(F)ccc2OC)C1(C)C. The van der Waals surface area contributed by atoms with E-state index in [2.05, 4.69) is 19.2 Å². The van der Waals surface area contributed by atoms with Crippen molar-refractivity contribution in [2.24, 2.45) is 5.41 Å². The average Bonchev–Trinajstić information content (AvgIpc) is 2.80. The van der Waals surface area contributed by atoms with Crippen LogP contribution in [0.1, 0.15) is 25.3 Å². The van der Waals surface area contributed by atoms with E-state index in [1.54, 1.807) is 19.2 Å². The van der Waals surface area contributed by atoms with E-state index in [4.69, 9.17) is 4.74 Å². The van der Waals surface area contributed by atoms with Crippen molar-refractivity contribution in [3.63, 3.8) is 0 Å². The molecule has 1 aliphatic carbocycles. The van der Waals surface area contributed by atoms with E-state index in [1.165, 1.54) is 6.07 Å². The van der Waals surface area contributed by atoms with Crippen LogP contribution in [0.25, 0.3) is 0 Å². The molecule has 1 aliphatic rings. The Labute approximate surface area is 95.8 Å². The third kappa shape index (κ3) is 1.59. The minimum absolute atomic E-state index is 0.163. The normalized spacial score (nSPS) is 26.6. The second kappa shape index (κ2) is 3.74. The molecule has 1 N–H and O–H groups in total. The number of hydrogen-bond donors (Lipinski definition) is 1. The maximum atomic E-state index is 13.3. The Kier molecular flexibility index (Phi) is 2.66. The predicted octanol–water partition coefficient (Wildman–Crippen LogP) is 2.55. The Morgan fingerprint density at radius 2 is 2.06 bits per heavy atom. The Morgan fingerprint density at radius 3 is 2.56 bits per heavy atom. The number of benzene rings is 1. The van der Waals surface area contributed by atoms with Gasteiger partial charge < -0.3 is 10.1 Å². The van der Waals surface area contributed by atoms with Crippen LogP contribution in [0.2, 0.25) is 0 Å². The van der Waals surface area contributed by atoms with Crippen LogP contribution in [0.15, 0.2) is 18.2 Å². The molecule has 1 saturated carbocycles. The number of hydrogen-bond acceptors (Lipinski definition) is 2. The van der Waals surface area contributed by atoms with Gasteiger partial charge in [0.05, 0.1) is 7.11 Å². The molecule has 1 aromatic rings. The molecule has 0 amide bonds. The van der Waals surface area contributed by atoms with Gasteiger partial charge in [-0.05, 0) is 30.7 Å². The molecule has 0 saturated heterocycles. The summed E-state index contributed by atoms with van der Waals surface area (Å²) in [5, 5.41) is 3.27. The highest BCUT2D eigenvalue weighted by Crippen LogP contribution is 2.60. The maximum absolute atomic E-state index is 13.3. The standard InChI is InChI=1S/C13H18FNO/c1-13(2)11(12(13)15-3)9-7-8(14)5-6-10(9)16-4/h5-7,11-12,15H,1-4H3. The lowest BCUT2D eigenvalue weighted by Gasteiger charge is -2.09. The van der Waals surface area contributed by atoms with Crippen molar-refractivity contribution in [2.45, 2.75) is 25.8 Å². The zero-order valence-electron chi connectivity index (χ0n) is 10.2. The lowest BCUT2D eigenvalue weighted by atomic mass is 10.0. The minimum atomic E-state index is -0.201. The highest BCUT2D eigenvalue weighted by Gasteiger charge is 2.58. The smallest absolute Gasteiger partial charge is 0.123 e. The summed E-state index contributed by atoms with van der Waals surface area (Å²) in [5.41, 5.74) is 1.13. The van der Waals surface area contributed by atoms with Gasteiger partial charge in [-0.1, -0.05) is 13.8 Å². The Morgan fingerprint density at radius 1 is 1.38 bits per heavy atom. The Hall–Kier alpha value is -1.09. The van der Waals surface area contributed by atoms with Crippen LogP contribution in [0.4, 0.5) is 4.39 Å². The summed E-state index contributed by atoms with van der Waals surface area (Å²) in [4.78, 5) is 0. The summed E-state index contributed by atoms with van der Waals surface area (Å²) in [6.45, 7) is 4.37. The van der Waals surface area contributed by atoms with Gasteiger partial charge in [-0.25, -0.2) is 4.39 Å². The summed E-state index contributed by atoms with van der Waals surface area (Å²) >= 11 is 0. The molecular weight excluding hydrogens is 205 g/mol. The molecule has 16 heavy (non-hydrogen) atoms. The van der Waals surface area contributed by atoms with Crippen molar-refractivity contribution in [1.82, 2.24) is 5.32 Å². The highest BCUT2D eigenvalue weighted by atomic mass is 19.1. The van der Waals surface area contributed by atoms with Crippen LogP contribution < -0.4 is 10.1 Å². The number of rotatable bonds is 3. The summed E-state index contributed by atoms with van der Waals surface area (Å²) in [6.07, 6.45) is 0. The van der Waals surface area contributed by atoms with Crippen LogP contribution in [-0.4, -0.2) is 20.2 Å². The third-order valence-electron chi connectivity index (χ3n) is 3.67. The average molecular weight is 223 g/mol. The van der Waals surface area contributed by atoms with Gasteiger partial charge in [-0.15, -0.1) is 0 Å². The van der Waals surface area contributed by atoms with Crippen LogP contribution in [0.3, 0.4) is 0 Å². The lowest BCUT2D eigenvalue weighted by molar-refractivity contribution is 0.406. The molecule has 0 heterocycles. The van der Waals surface area contributed by atoms with E-state index in [9.17, 15) is 4.39 Å². The molecule has 1 fully saturated rings. The highest BCUT2D eigenvalue weighted by molar-refractivity contribution is 5.44. The van der Waals surface area contributed by atoms with Gasteiger partial charge in [0.1, 0.15) is 11.6 Å². The molecule has 2 rings (SSSR count). The molecule has 88 valence electrons. The van der Waals surface area contributed by atoms with Gasteiger partial charge >= 0.3 is 0 Å². The van der Waals surface area contributed by atoms with Crippen LogP contribution in [0, 0.1) is 11.2 Å². The van der Waals surface area contributed by atoms with Gasteiger partial charge in [0, 0.05) is 17.5 Å². The maximum Gasteiger partial charge on any atom is 0.123 e. The zero-order valence-corrected chi connectivity index (χ0v) is 10.2. The first-order chi connectivity index (χ1) is 7.52. The summed E-state index contributed by atoms with van der Waals surface area (Å²) in [6, 6.07) is 5.11. The second-order valence-electron chi connectivity index (χ2n) is 4.95. The lowest BCUT2D eigenvalue weighted by Crippen LogP contribution is -2.14. The summed E-state index contributed by atoms with van der Waals surface area (Å²) in [7, 11) is 3.57. The molecule has 0 aromatic heterocycles. The first kappa shape index (κ1) is 11.4. The monoisotopic (exact) mass is 223 g/mol. The number of ether oxygens (including phenoxy) is 1. The molecule has 0 bridgehead atoms. The predicted molar refractivity (Wildman–Crippen MR) is 62.3 cm³/mol. The molecular formula is C13H18FNO. The first-order valence-corrected chi connectivity index (χ1v) is 5.53. The van der Waals surface area contributed by atoms with Gasteiger partial charge in [0.25, 0.3) is 0 Å². The quantitative estimate of drug-likeness (QED) is 0.850. The van der Waals surface area contributed by atoms with E-state index in [-0.39, 0.29) is 11.2 Å². The molecule has 1 aromatic carbocycles. The number of nitrogens with one attached hydrogen (secondary N) is 1. The Bertz CT molecular complexity index is 403. The van der Waals surface area contributed by atoms with Crippen LogP contribution >= 0.6 is 0 Å². The third-order valence-corrected chi connectivity index (χ3v) is 3.67. The molecule has 0 spiro atoms. The molecule has 0 aliphatic heterocycles. The summed E-state index contributed by atoms with van der Waals surface area (Å²) < 4.78 is 18.6. The van der Waals surface area contributed by atoms with Crippen molar-refractivity contribution >= 4 is 0 Å².